The maximum Gasteiger partial charge on any atom is 0.138 e. The largest absolute Gasteiger partial charge is 0.497 e. The first-order valence-electron chi connectivity index (χ1n) is 5.87. The minimum atomic E-state index is 0.370. The first-order chi connectivity index (χ1) is 9.58. The summed E-state index contributed by atoms with van der Waals surface area (Å²) in [5.41, 5.74) is 8.60. The van der Waals surface area contributed by atoms with Crippen molar-refractivity contribution >= 4 is 39.9 Å². The lowest BCUT2D eigenvalue weighted by Gasteiger charge is -2.03. The van der Waals surface area contributed by atoms with Crippen LogP contribution in [0.1, 0.15) is 0 Å². The van der Waals surface area contributed by atoms with Crippen LogP contribution in [0.3, 0.4) is 0 Å². The second-order valence-electron chi connectivity index (χ2n) is 4.32. The highest BCUT2D eigenvalue weighted by Gasteiger charge is 2.10. The molecule has 0 radical (unpaired) electrons. The van der Waals surface area contributed by atoms with Gasteiger partial charge in [0, 0.05) is 11.6 Å². The molecule has 0 aliphatic heterocycles. The molecule has 0 atom stereocenters. The standard InChI is InChI=1S/C14H11Cl2N3O/c1-20-8-2-3-11-12(6-8)19-14(18-11)7-4-9(15)13(17)10(16)5-7/h2-6H,17H2,1H3,(H,18,19). The van der Waals surface area contributed by atoms with Crippen molar-refractivity contribution in [2.45, 2.75) is 0 Å². The Morgan fingerprint density at radius 3 is 2.50 bits per heavy atom. The number of hydrogen-bond acceptors (Lipinski definition) is 3. The van der Waals surface area contributed by atoms with Gasteiger partial charge >= 0.3 is 0 Å². The highest BCUT2D eigenvalue weighted by Crippen LogP contribution is 2.33. The Hall–Kier alpha value is -1.91. The number of fused-ring (bicyclic) bond motifs is 1. The van der Waals surface area contributed by atoms with E-state index in [4.69, 9.17) is 33.7 Å². The Morgan fingerprint density at radius 2 is 1.85 bits per heavy atom. The van der Waals surface area contributed by atoms with Gasteiger partial charge in [0.1, 0.15) is 11.6 Å². The quantitative estimate of drug-likeness (QED) is 0.700. The van der Waals surface area contributed by atoms with E-state index in [1.165, 1.54) is 0 Å². The van der Waals surface area contributed by atoms with Crippen molar-refractivity contribution in [2.24, 2.45) is 0 Å². The fourth-order valence-electron chi connectivity index (χ4n) is 1.97. The molecular weight excluding hydrogens is 297 g/mol. The summed E-state index contributed by atoms with van der Waals surface area (Å²) in [5.74, 6) is 1.44. The maximum atomic E-state index is 6.04. The zero-order chi connectivity index (χ0) is 14.3. The predicted molar refractivity (Wildman–Crippen MR) is 82.5 cm³/mol. The zero-order valence-electron chi connectivity index (χ0n) is 10.6. The van der Waals surface area contributed by atoms with Gasteiger partial charge in [0.2, 0.25) is 0 Å². The highest BCUT2D eigenvalue weighted by atomic mass is 35.5. The molecule has 1 heterocycles. The summed E-state index contributed by atoms with van der Waals surface area (Å²) in [6.45, 7) is 0. The number of methoxy groups -OCH3 is 1. The molecule has 4 nitrogen and oxygen atoms in total. The van der Waals surface area contributed by atoms with Gasteiger partial charge in [0.25, 0.3) is 0 Å². The van der Waals surface area contributed by atoms with E-state index < -0.39 is 0 Å². The number of nitrogens with zero attached hydrogens (tertiary/aromatic N) is 1. The number of imidazole rings is 1. The smallest absolute Gasteiger partial charge is 0.138 e. The Balaban J connectivity index is 2.14. The van der Waals surface area contributed by atoms with E-state index >= 15 is 0 Å². The normalized spacial score (nSPS) is 10.9. The summed E-state index contributed by atoms with van der Waals surface area (Å²) in [7, 11) is 1.62. The molecule has 0 spiro atoms. The lowest BCUT2D eigenvalue weighted by molar-refractivity contribution is 0.415. The molecule has 20 heavy (non-hydrogen) atoms. The molecule has 102 valence electrons. The zero-order valence-corrected chi connectivity index (χ0v) is 12.1. The van der Waals surface area contributed by atoms with Crippen molar-refractivity contribution in [3.8, 4) is 17.1 Å². The number of halogens is 2. The van der Waals surface area contributed by atoms with Crippen molar-refractivity contribution in [3.63, 3.8) is 0 Å². The number of nitrogen functional groups attached to an aromatic ring is 1. The number of anilines is 1. The second-order valence-corrected chi connectivity index (χ2v) is 5.14. The third-order valence-corrected chi connectivity index (χ3v) is 3.67. The van der Waals surface area contributed by atoms with E-state index in [0.717, 1.165) is 22.3 Å². The summed E-state index contributed by atoms with van der Waals surface area (Å²) in [6.07, 6.45) is 0. The molecule has 0 aliphatic rings. The monoisotopic (exact) mass is 307 g/mol. The Kier molecular flexibility index (Phi) is 3.20. The number of benzene rings is 2. The van der Waals surface area contributed by atoms with Crippen molar-refractivity contribution in [3.05, 3.63) is 40.4 Å². The molecule has 0 amide bonds. The maximum absolute atomic E-state index is 6.04. The van der Waals surface area contributed by atoms with Crippen LogP contribution in [-0.2, 0) is 0 Å². The van der Waals surface area contributed by atoms with Gasteiger partial charge in [-0.2, -0.15) is 0 Å². The van der Waals surface area contributed by atoms with Gasteiger partial charge in [0.15, 0.2) is 0 Å². The molecule has 2 aromatic carbocycles. The number of rotatable bonds is 2. The van der Waals surface area contributed by atoms with Crippen molar-refractivity contribution in [2.75, 3.05) is 12.8 Å². The minimum absolute atomic E-state index is 0.370. The third-order valence-electron chi connectivity index (χ3n) is 3.04. The molecule has 3 aromatic rings. The average molecular weight is 308 g/mol. The van der Waals surface area contributed by atoms with Gasteiger partial charge < -0.3 is 15.5 Å². The molecular formula is C14H11Cl2N3O. The van der Waals surface area contributed by atoms with E-state index in [1.54, 1.807) is 19.2 Å². The molecule has 0 fully saturated rings. The molecule has 0 saturated carbocycles. The number of hydrogen-bond donors (Lipinski definition) is 2. The fraction of sp³-hybridized carbons (Fsp3) is 0.0714. The summed E-state index contributed by atoms with van der Waals surface area (Å²) < 4.78 is 5.18. The second kappa shape index (κ2) is 4.89. The number of aromatic nitrogens is 2. The number of aromatic amines is 1. The molecule has 3 rings (SSSR count). The van der Waals surface area contributed by atoms with Crippen molar-refractivity contribution in [1.82, 2.24) is 9.97 Å². The third kappa shape index (κ3) is 2.17. The first kappa shape index (κ1) is 13.1. The molecule has 0 saturated heterocycles. The number of nitrogens with two attached hydrogens (primary N) is 1. The molecule has 0 unspecified atom stereocenters. The van der Waals surface area contributed by atoms with Crippen LogP contribution < -0.4 is 10.5 Å². The van der Waals surface area contributed by atoms with E-state index in [2.05, 4.69) is 9.97 Å². The van der Waals surface area contributed by atoms with Crippen LogP contribution in [0.5, 0.6) is 5.75 Å². The van der Waals surface area contributed by atoms with Crippen LogP contribution >= 0.6 is 23.2 Å². The topological polar surface area (TPSA) is 63.9 Å². The summed E-state index contributed by atoms with van der Waals surface area (Å²) >= 11 is 12.1. The Bertz CT molecular complexity index is 775. The SMILES string of the molecule is COc1ccc2nc(-c3cc(Cl)c(N)c(Cl)c3)[nH]c2c1. The van der Waals surface area contributed by atoms with Crippen LogP contribution in [-0.4, -0.2) is 17.1 Å². The van der Waals surface area contributed by atoms with Crippen LogP contribution in [0.2, 0.25) is 10.0 Å². The summed E-state index contributed by atoms with van der Waals surface area (Å²) in [5, 5.41) is 0.816. The average Bonchev–Trinajstić information content (AvgIpc) is 2.86. The van der Waals surface area contributed by atoms with E-state index in [9.17, 15) is 0 Å². The van der Waals surface area contributed by atoms with Gasteiger partial charge in [-0.25, -0.2) is 4.98 Å². The van der Waals surface area contributed by atoms with Gasteiger partial charge in [0.05, 0.1) is 33.9 Å². The summed E-state index contributed by atoms with van der Waals surface area (Å²) in [6, 6.07) is 9.09. The van der Waals surface area contributed by atoms with Gasteiger partial charge in [-0.05, 0) is 24.3 Å². The minimum Gasteiger partial charge on any atom is -0.497 e. The molecule has 0 aliphatic carbocycles. The number of nitrogens with one attached hydrogen (secondary N) is 1. The van der Waals surface area contributed by atoms with Crippen LogP contribution in [0.15, 0.2) is 30.3 Å². The van der Waals surface area contributed by atoms with Gasteiger partial charge in [-0.15, -0.1) is 0 Å². The molecule has 1 aromatic heterocycles. The lowest BCUT2D eigenvalue weighted by Crippen LogP contribution is -1.89. The fourth-order valence-corrected chi connectivity index (χ4v) is 2.46. The van der Waals surface area contributed by atoms with Crippen molar-refractivity contribution < 1.29 is 4.74 Å². The van der Waals surface area contributed by atoms with E-state index in [1.807, 2.05) is 18.2 Å². The van der Waals surface area contributed by atoms with Crippen LogP contribution in [0.4, 0.5) is 5.69 Å². The highest BCUT2D eigenvalue weighted by molar-refractivity contribution is 6.39. The van der Waals surface area contributed by atoms with Crippen LogP contribution in [0.25, 0.3) is 22.4 Å². The van der Waals surface area contributed by atoms with E-state index in [-0.39, 0.29) is 0 Å². The number of H-pyrrole nitrogens is 1. The van der Waals surface area contributed by atoms with Gasteiger partial charge in [-0.1, -0.05) is 23.2 Å². The van der Waals surface area contributed by atoms with E-state index in [0.29, 0.717) is 21.6 Å². The Morgan fingerprint density at radius 1 is 1.15 bits per heavy atom. The van der Waals surface area contributed by atoms with Crippen LogP contribution in [0, 0.1) is 0 Å². The number of ether oxygens (including phenoxy) is 1. The lowest BCUT2D eigenvalue weighted by atomic mass is 10.2. The molecule has 3 N–H and O–H groups in total. The first-order valence-corrected chi connectivity index (χ1v) is 6.62. The predicted octanol–water partition coefficient (Wildman–Crippen LogP) is 4.13. The van der Waals surface area contributed by atoms with Crippen molar-refractivity contribution in [1.29, 1.82) is 0 Å². The Labute approximate surface area is 125 Å². The molecule has 6 heteroatoms. The van der Waals surface area contributed by atoms with Gasteiger partial charge in [-0.3, -0.25) is 0 Å². The molecule has 0 bridgehead atoms. The summed E-state index contributed by atoms with van der Waals surface area (Å²) in [4.78, 5) is 7.71.